The molecule has 3 N–H and O–H groups in total. The van der Waals surface area contributed by atoms with E-state index in [1.165, 1.54) is 0 Å². The minimum atomic E-state index is -0.503. The molecular weight excluding hydrogens is 398 g/mol. The molecule has 0 bridgehead atoms. The second-order valence-electron chi connectivity index (χ2n) is 8.98. The summed E-state index contributed by atoms with van der Waals surface area (Å²) < 4.78 is 34.4. The smallest absolute Gasteiger partial charge is 0.255 e. The fraction of sp³-hybridized carbons (Fsp3) is 0.480. The summed E-state index contributed by atoms with van der Waals surface area (Å²) in [5, 5.41) is 1.52. The van der Waals surface area contributed by atoms with Crippen LogP contribution in [0.4, 0.5) is 8.78 Å². The Balaban J connectivity index is 1.53. The molecular formula is C25H30F2N2O2. The summed E-state index contributed by atoms with van der Waals surface area (Å²) in [6, 6.07) is 5.41. The van der Waals surface area contributed by atoms with Gasteiger partial charge in [-0.15, -0.1) is 0 Å². The van der Waals surface area contributed by atoms with E-state index in [-0.39, 0.29) is 35.5 Å². The van der Waals surface area contributed by atoms with Gasteiger partial charge in [-0.3, -0.25) is 4.79 Å². The van der Waals surface area contributed by atoms with Crippen molar-refractivity contribution in [3.8, 4) is 5.75 Å². The molecule has 31 heavy (non-hydrogen) atoms. The van der Waals surface area contributed by atoms with Crippen LogP contribution in [0.2, 0.25) is 0 Å². The fourth-order valence-corrected chi connectivity index (χ4v) is 5.46. The Kier molecular flexibility index (Phi) is 6.02. The number of ether oxygens (including phenoxy) is 1. The summed E-state index contributed by atoms with van der Waals surface area (Å²) in [7, 11) is 0. The van der Waals surface area contributed by atoms with Gasteiger partial charge in [0.25, 0.3) is 5.56 Å². The first-order valence-electron chi connectivity index (χ1n) is 11.1. The number of rotatable bonds is 5. The SMILES string of the molecule is CCC(N)[C@]1(C2C=C(F)C=C(F)C2)CC[C@H](Oc2ccc3c(=O)[nH]ccc3c2C)CC1. The third-order valence-corrected chi connectivity index (χ3v) is 7.32. The lowest BCUT2D eigenvalue weighted by Gasteiger charge is -2.48. The molecule has 2 aliphatic carbocycles. The molecule has 2 atom stereocenters. The maximum atomic E-state index is 14.0. The van der Waals surface area contributed by atoms with Gasteiger partial charge < -0.3 is 15.5 Å². The number of fused-ring (bicyclic) bond motifs is 1. The van der Waals surface area contributed by atoms with E-state index in [0.29, 0.717) is 5.39 Å². The molecule has 0 amide bonds. The number of nitrogens with two attached hydrogens (primary N) is 1. The van der Waals surface area contributed by atoms with Crippen LogP contribution in [0.1, 0.15) is 51.0 Å². The molecule has 6 heteroatoms. The van der Waals surface area contributed by atoms with Crippen molar-refractivity contribution >= 4 is 10.8 Å². The maximum Gasteiger partial charge on any atom is 0.255 e. The average molecular weight is 429 g/mol. The maximum absolute atomic E-state index is 14.0. The monoisotopic (exact) mass is 428 g/mol. The molecule has 0 aliphatic heterocycles. The molecule has 0 saturated heterocycles. The topological polar surface area (TPSA) is 68.1 Å². The minimum Gasteiger partial charge on any atom is -0.490 e. The summed E-state index contributed by atoms with van der Waals surface area (Å²) in [6.07, 6.45) is 8.25. The quantitative estimate of drug-likeness (QED) is 0.651. The van der Waals surface area contributed by atoms with E-state index in [4.69, 9.17) is 10.5 Å². The lowest BCUT2D eigenvalue weighted by atomic mass is 9.59. The number of hydrogen-bond acceptors (Lipinski definition) is 3. The lowest BCUT2D eigenvalue weighted by molar-refractivity contribution is 0.0262. The van der Waals surface area contributed by atoms with Gasteiger partial charge in [0.1, 0.15) is 17.4 Å². The van der Waals surface area contributed by atoms with Gasteiger partial charge in [0, 0.05) is 30.1 Å². The highest BCUT2D eigenvalue weighted by atomic mass is 19.1. The van der Waals surface area contributed by atoms with Crippen LogP contribution in [-0.4, -0.2) is 17.1 Å². The fourth-order valence-electron chi connectivity index (χ4n) is 5.46. The molecule has 2 unspecified atom stereocenters. The zero-order valence-corrected chi connectivity index (χ0v) is 18.1. The van der Waals surface area contributed by atoms with E-state index in [1.54, 1.807) is 18.3 Å². The van der Waals surface area contributed by atoms with Crippen molar-refractivity contribution in [3.63, 3.8) is 0 Å². The van der Waals surface area contributed by atoms with Gasteiger partial charge in [0.2, 0.25) is 0 Å². The molecule has 1 saturated carbocycles. The van der Waals surface area contributed by atoms with Crippen molar-refractivity contribution in [2.45, 2.75) is 64.5 Å². The molecule has 1 aromatic heterocycles. The van der Waals surface area contributed by atoms with E-state index < -0.39 is 11.7 Å². The number of aryl methyl sites for hydroxylation is 1. The number of aromatic amines is 1. The Labute approximate surface area is 181 Å². The van der Waals surface area contributed by atoms with Crippen molar-refractivity contribution in [1.82, 2.24) is 4.98 Å². The predicted molar refractivity (Wildman–Crippen MR) is 119 cm³/mol. The molecule has 1 heterocycles. The molecule has 2 aromatic rings. The van der Waals surface area contributed by atoms with Crippen LogP contribution in [0, 0.1) is 18.3 Å². The number of hydrogen-bond donors (Lipinski definition) is 2. The van der Waals surface area contributed by atoms with Gasteiger partial charge in [0.05, 0.1) is 6.10 Å². The lowest BCUT2D eigenvalue weighted by Crippen LogP contribution is -2.50. The van der Waals surface area contributed by atoms with Crippen LogP contribution in [0.15, 0.2) is 53.0 Å². The Morgan fingerprint density at radius 2 is 1.97 bits per heavy atom. The summed E-state index contributed by atoms with van der Waals surface area (Å²) in [5.74, 6) is -0.375. The zero-order chi connectivity index (χ0) is 22.2. The first kappa shape index (κ1) is 21.8. The number of allylic oxidation sites excluding steroid dienone is 4. The molecule has 4 rings (SSSR count). The molecule has 2 aliphatic rings. The molecule has 0 radical (unpaired) electrons. The highest BCUT2D eigenvalue weighted by Crippen LogP contribution is 2.50. The number of benzene rings is 1. The van der Waals surface area contributed by atoms with E-state index in [9.17, 15) is 13.6 Å². The second-order valence-corrected chi connectivity index (χ2v) is 8.98. The first-order valence-corrected chi connectivity index (χ1v) is 11.1. The van der Waals surface area contributed by atoms with Crippen LogP contribution < -0.4 is 16.0 Å². The highest BCUT2D eigenvalue weighted by molar-refractivity contribution is 5.86. The largest absolute Gasteiger partial charge is 0.490 e. The Bertz CT molecular complexity index is 1080. The van der Waals surface area contributed by atoms with Gasteiger partial charge >= 0.3 is 0 Å². The standard InChI is InChI=1S/C25H30F2N2O2/c1-3-23(28)25(16-12-17(26)14-18(27)13-16)9-6-19(7-10-25)31-22-5-4-21-20(15(22)2)8-11-29-24(21)30/h4-5,8,11-12,14,16,19,23H,3,6-7,9-10,13,28H2,1-2H3,(H,29,30)/t16?,19-,23?,25+. The average Bonchev–Trinajstić information content (AvgIpc) is 2.75. The van der Waals surface area contributed by atoms with E-state index in [2.05, 4.69) is 4.98 Å². The van der Waals surface area contributed by atoms with Crippen LogP contribution in [0.25, 0.3) is 10.8 Å². The van der Waals surface area contributed by atoms with E-state index in [0.717, 1.165) is 54.9 Å². The van der Waals surface area contributed by atoms with Gasteiger partial charge in [-0.1, -0.05) is 6.92 Å². The van der Waals surface area contributed by atoms with Crippen molar-refractivity contribution in [2.75, 3.05) is 0 Å². The third-order valence-electron chi connectivity index (χ3n) is 7.32. The molecule has 1 fully saturated rings. The van der Waals surface area contributed by atoms with Crippen molar-refractivity contribution in [3.05, 3.63) is 64.1 Å². The van der Waals surface area contributed by atoms with Crippen LogP contribution in [0.5, 0.6) is 5.75 Å². The van der Waals surface area contributed by atoms with Crippen molar-refractivity contribution in [2.24, 2.45) is 17.1 Å². The van der Waals surface area contributed by atoms with Crippen LogP contribution in [0.3, 0.4) is 0 Å². The normalized spacial score (nSPS) is 27.5. The summed E-state index contributed by atoms with van der Waals surface area (Å²) in [4.78, 5) is 14.7. The number of nitrogens with one attached hydrogen (secondary N) is 1. The Hall–Kier alpha value is -2.47. The molecule has 1 aromatic carbocycles. The van der Waals surface area contributed by atoms with Gasteiger partial charge in [-0.2, -0.15) is 0 Å². The summed E-state index contributed by atoms with van der Waals surface area (Å²) in [6.45, 7) is 3.99. The highest BCUT2D eigenvalue weighted by Gasteiger charge is 2.46. The number of pyridine rings is 1. The minimum absolute atomic E-state index is 0.00753. The Morgan fingerprint density at radius 3 is 2.65 bits per heavy atom. The van der Waals surface area contributed by atoms with Gasteiger partial charge in [0.15, 0.2) is 0 Å². The Morgan fingerprint density at radius 1 is 1.23 bits per heavy atom. The first-order chi connectivity index (χ1) is 14.8. The van der Waals surface area contributed by atoms with Gasteiger partial charge in [-0.05, 0) is 85.6 Å². The molecule has 4 nitrogen and oxygen atoms in total. The van der Waals surface area contributed by atoms with E-state index >= 15 is 0 Å². The number of halogens is 2. The summed E-state index contributed by atoms with van der Waals surface area (Å²) in [5.41, 5.74) is 7.03. The number of aromatic nitrogens is 1. The summed E-state index contributed by atoms with van der Waals surface area (Å²) >= 11 is 0. The zero-order valence-electron chi connectivity index (χ0n) is 18.1. The van der Waals surface area contributed by atoms with Crippen LogP contribution >= 0.6 is 0 Å². The second kappa shape index (κ2) is 8.58. The molecule has 0 spiro atoms. The predicted octanol–water partition coefficient (Wildman–Crippen LogP) is 5.61. The van der Waals surface area contributed by atoms with Crippen molar-refractivity contribution < 1.29 is 13.5 Å². The van der Waals surface area contributed by atoms with E-state index in [1.807, 2.05) is 26.0 Å². The molecule has 166 valence electrons. The van der Waals surface area contributed by atoms with Crippen molar-refractivity contribution in [1.29, 1.82) is 0 Å². The van der Waals surface area contributed by atoms with Crippen LogP contribution in [-0.2, 0) is 0 Å². The third kappa shape index (κ3) is 4.05. The number of H-pyrrole nitrogens is 1. The van der Waals surface area contributed by atoms with Gasteiger partial charge in [-0.25, -0.2) is 8.78 Å².